The van der Waals surface area contributed by atoms with E-state index in [9.17, 15) is 31.4 Å². The molecule has 0 heterocycles. The van der Waals surface area contributed by atoms with Gasteiger partial charge in [0.2, 0.25) is 0 Å². The van der Waals surface area contributed by atoms with E-state index in [1.165, 1.54) is 0 Å². The van der Waals surface area contributed by atoms with Gasteiger partial charge in [-0.1, -0.05) is 20.8 Å². The van der Waals surface area contributed by atoms with Gasteiger partial charge in [-0.3, -0.25) is 0 Å². The molecule has 0 radical (unpaired) electrons. The first-order valence-corrected chi connectivity index (χ1v) is 7.06. The Morgan fingerprint density at radius 1 is 0.682 bits per heavy atom. The molecule has 0 atom stereocenters. The molecule has 0 aromatic carbocycles. The molecule has 0 saturated heterocycles. The fourth-order valence-corrected chi connectivity index (χ4v) is 0. The van der Waals surface area contributed by atoms with Crippen LogP contribution in [0.5, 0.6) is 0 Å². The SMILES string of the molecule is CC(C)(C)[O-].O=S(=O)([O-])C(F)(F)F.O=S(=O)([O-])C(F)(F)F.[Al+3]. The fourth-order valence-electron chi connectivity index (χ4n) is 0. The molecule has 0 fully saturated rings. The number of hydrogen-bond acceptors (Lipinski definition) is 7. The second-order valence-corrected chi connectivity index (χ2v) is 6.65. The van der Waals surface area contributed by atoms with Crippen LogP contribution in [0.25, 0.3) is 0 Å². The monoisotopic (exact) mass is 398 g/mol. The van der Waals surface area contributed by atoms with Crippen molar-refractivity contribution >= 4 is 37.6 Å². The number of rotatable bonds is 0. The van der Waals surface area contributed by atoms with Gasteiger partial charge in [-0.15, -0.1) is 5.60 Å². The minimum atomic E-state index is -6.09. The molecule has 7 nitrogen and oxygen atoms in total. The van der Waals surface area contributed by atoms with Crippen molar-refractivity contribution in [1.29, 1.82) is 0 Å². The summed E-state index contributed by atoms with van der Waals surface area (Å²) in [6.45, 7) is 4.90. The van der Waals surface area contributed by atoms with Crippen molar-refractivity contribution in [2.45, 2.75) is 37.4 Å². The maximum absolute atomic E-state index is 10.7. The zero-order valence-corrected chi connectivity index (χ0v) is 13.8. The Labute approximate surface area is 132 Å². The van der Waals surface area contributed by atoms with Gasteiger partial charge in [-0.2, -0.15) is 26.3 Å². The molecule has 0 aromatic rings. The van der Waals surface area contributed by atoms with Crippen LogP contribution in [0.15, 0.2) is 0 Å². The molecule has 0 aromatic heterocycles. The van der Waals surface area contributed by atoms with Gasteiger partial charge in [0, 0.05) is 0 Å². The molecule has 0 unspecified atom stereocenters. The van der Waals surface area contributed by atoms with E-state index in [0.717, 1.165) is 0 Å². The molecule has 132 valence electrons. The van der Waals surface area contributed by atoms with E-state index in [4.69, 9.17) is 25.9 Å². The Hall–Kier alpha value is -0.108. The van der Waals surface area contributed by atoms with Crippen LogP contribution >= 0.6 is 0 Å². The Morgan fingerprint density at radius 2 is 0.727 bits per heavy atom. The van der Waals surface area contributed by atoms with E-state index in [1.807, 2.05) is 0 Å². The Bertz CT molecular complexity index is 453. The Balaban J connectivity index is -0.000000111. The third kappa shape index (κ3) is 22.2. The van der Waals surface area contributed by atoms with Crippen molar-refractivity contribution in [1.82, 2.24) is 0 Å². The van der Waals surface area contributed by atoms with Crippen LogP contribution in [-0.2, 0) is 20.2 Å². The smallest absolute Gasteiger partial charge is 0.850 e. The average Bonchev–Trinajstić information content (AvgIpc) is 1.91. The number of hydrogen-bond donors (Lipinski definition) is 0. The first-order valence-electron chi connectivity index (χ1n) is 4.25. The molecule has 0 rings (SSSR count). The second kappa shape index (κ2) is 9.25. The quantitative estimate of drug-likeness (QED) is 0.240. The summed E-state index contributed by atoms with van der Waals surface area (Å²) in [7, 11) is -12.2. The molecule has 0 N–H and O–H groups in total. The van der Waals surface area contributed by atoms with Gasteiger partial charge in [0.15, 0.2) is 20.2 Å². The van der Waals surface area contributed by atoms with Gasteiger partial charge in [-0.25, -0.2) is 16.8 Å². The standard InChI is InChI=1S/C4H9O.2CHF3O3S.Al/c1-4(2,3)5;2*2-1(3,4)8(5,6)7;/h1-3H3;2*(H,5,6,7);/q-1;;;+3/p-2. The average molecular weight is 398 g/mol. The number of alkyl halides is 6. The van der Waals surface area contributed by atoms with Gasteiger partial charge in [-0.05, 0) is 0 Å². The summed E-state index contributed by atoms with van der Waals surface area (Å²) in [5.41, 5.74) is -12.0. The van der Waals surface area contributed by atoms with Gasteiger partial charge in [0.05, 0.1) is 0 Å². The topological polar surface area (TPSA) is 137 Å². The molecule has 0 bridgehead atoms. The van der Waals surface area contributed by atoms with E-state index < -0.39 is 36.9 Å². The molecule has 0 aliphatic rings. The summed E-state index contributed by atoms with van der Waals surface area (Å²) in [5, 5.41) is 10.1. The van der Waals surface area contributed by atoms with Crippen molar-refractivity contribution in [3.63, 3.8) is 0 Å². The normalized spacial score (nSPS) is 12.9. The predicted octanol–water partition coefficient (Wildman–Crippen LogP) is -0.133. The molecule has 0 amide bonds. The fraction of sp³-hybridized carbons (Fsp3) is 1.00. The molecular formula is C6H9AlF6O7S2. The zero-order valence-electron chi connectivity index (χ0n) is 11.0. The maximum atomic E-state index is 10.7. The van der Waals surface area contributed by atoms with Crippen molar-refractivity contribution in [3.05, 3.63) is 0 Å². The minimum absolute atomic E-state index is 0. The van der Waals surface area contributed by atoms with Crippen molar-refractivity contribution < 1.29 is 57.4 Å². The van der Waals surface area contributed by atoms with Crippen molar-refractivity contribution in [3.8, 4) is 0 Å². The van der Waals surface area contributed by atoms with Crippen LogP contribution in [0, 0.1) is 0 Å². The van der Waals surface area contributed by atoms with Gasteiger partial charge < -0.3 is 14.2 Å². The Morgan fingerprint density at radius 3 is 0.727 bits per heavy atom. The summed E-state index contributed by atoms with van der Waals surface area (Å²) in [4.78, 5) is 0. The van der Waals surface area contributed by atoms with Gasteiger partial charge >= 0.3 is 28.4 Å². The van der Waals surface area contributed by atoms with E-state index in [0.29, 0.717) is 0 Å². The first kappa shape index (κ1) is 29.8. The van der Waals surface area contributed by atoms with Crippen molar-refractivity contribution in [2.75, 3.05) is 0 Å². The summed E-state index contributed by atoms with van der Waals surface area (Å²) in [6.07, 6.45) is 0. The summed E-state index contributed by atoms with van der Waals surface area (Å²) in [5.74, 6) is 0. The largest absolute Gasteiger partial charge is 3.00 e. The molecule has 0 aliphatic carbocycles. The predicted molar refractivity (Wildman–Crippen MR) is 57.0 cm³/mol. The van der Waals surface area contributed by atoms with E-state index >= 15 is 0 Å². The molecule has 16 heteroatoms. The third-order valence-electron chi connectivity index (χ3n) is 0.567. The molecular weight excluding hydrogens is 389 g/mol. The van der Waals surface area contributed by atoms with Crippen LogP contribution in [0.3, 0.4) is 0 Å². The van der Waals surface area contributed by atoms with Gasteiger partial charge in [0.1, 0.15) is 0 Å². The summed E-state index contributed by atoms with van der Waals surface area (Å²) in [6, 6.07) is 0. The van der Waals surface area contributed by atoms with Crippen LogP contribution in [0.2, 0.25) is 0 Å². The summed E-state index contributed by atoms with van der Waals surface area (Å²) < 4.78 is 118. The molecule has 0 aliphatic heterocycles. The number of halogens is 6. The van der Waals surface area contributed by atoms with Crippen LogP contribution < -0.4 is 5.11 Å². The van der Waals surface area contributed by atoms with E-state index in [-0.39, 0.29) is 17.4 Å². The van der Waals surface area contributed by atoms with E-state index in [2.05, 4.69) is 0 Å². The molecule has 0 spiro atoms. The van der Waals surface area contributed by atoms with E-state index in [1.54, 1.807) is 20.8 Å². The molecule has 22 heavy (non-hydrogen) atoms. The maximum Gasteiger partial charge on any atom is 3.00 e. The van der Waals surface area contributed by atoms with Crippen LogP contribution in [-0.4, -0.2) is 59.9 Å². The van der Waals surface area contributed by atoms with Crippen LogP contribution in [0.1, 0.15) is 20.8 Å². The van der Waals surface area contributed by atoms with Gasteiger partial charge in [0.25, 0.3) is 0 Å². The first-order chi connectivity index (χ1) is 8.50. The minimum Gasteiger partial charge on any atom is -0.850 e. The van der Waals surface area contributed by atoms with Crippen LogP contribution in [0.4, 0.5) is 26.3 Å². The Kier molecular flexibility index (Phi) is 12.6. The third-order valence-corrected chi connectivity index (χ3v) is 1.70. The molecule has 0 saturated carbocycles. The zero-order chi connectivity index (χ0) is 18.5. The summed E-state index contributed by atoms with van der Waals surface area (Å²) >= 11 is 0. The second-order valence-electron chi connectivity index (χ2n) is 3.91. The van der Waals surface area contributed by atoms with Crippen molar-refractivity contribution in [2.24, 2.45) is 0 Å².